The molecule has 6 bridgehead atoms. The molecule has 0 saturated carbocycles. The lowest BCUT2D eigenvalue weighted by Gasteiger charge is -2.29. The number of hydrogen-bond donors (Lipinski definition) is 4. The van der Waals surface area contributed by atoms with Gasteiger partial charge in [-0.1, -0.05) is 51.2 Å². The van der Waals surface area contributed by atoms with E-state index in [-0.39, 0.29) is 29.9 Å². The van der Waals surface area contributed by atoms with Gasteiger partial charge in [0.25, 0.3) is 0 Å². The van der Waals surface area contributed by atoms with Crippen molar-refractivity contribution in [2.24, 2.45) is 11.8 Å². The molecule has 10 heteroatoms. The van der Waals surface area contributed by atoms with E-state index >= 15 is 0 Å². The Morgan fingerprint density at radius 3 is 2.67 bits per heavy atom. The molecule has 4 aliphatic rings. The second-order valence-corrected chi connectivity index (χ2v) is 12.8. The maximum atomic E-state index is 13.1. The Kier molecular flexibility index (Phi) is 11.5. The van der Waals surface area contributed by atoms with Gasteiger partial charge in [0.1, 0.15) is 35.9 Å². The summed E-state index contributed by atoms with van der Waals surface area (Å²) in [6, 6.07) is 1.000. The van der Waals surface area contributed by atoms with Crippen molar-refractivity contribution in [2.75, 3.05) is 12.4 Å². The SMILES string of the molecule is CO[C@@H]1CC(=O)Nc2c(O)c3cc4c2[C@H](/C=C/C=C/C[C@H](OC(=O)[C@@H](C)NC(=O)CCC(C)C)[C@H](C)[C@@H](O)/C(C)=C\CC3)[C@H]1O4. The van der Waals surface area contributed by atoms with E-state index in [9.17, 15) is 24.6 Å². The molecule has 0 aromatic heterocycles. The number of phenols is 1. The molecule has 0 radical (unpaired) electrons. The van der Waals surface area contributed by atoms with Gasteiger partial charge in [-0.05, 0) is 50.7 Å². The number of aliphatic hydroxyl groups is 1. The van der Waals surface area contributed by atoms with Gasteiger partial charge in [0, 0.05) is 42.9 Å². The van der Waals surface area contributed by atoms with Crippen LogP contribution in [-0.4, -0.2) is 65.6 Å². The third kappa shape index (κ3) is 8.16. The summed E-state index contributed by atoms with van der Waals surface area (Å²) in [5.41, 5.74) is 2.39. The number of aromatic hydroxyl groups is 1. The lowest BCUT2D eigenvalue weighted by Crippen LogP contribution is -2.43. The molecule has 0 unspecified atom stereocenters. The number of carbonyl (C=O) groups excluding carboxylic acids is 3. The first-order chi connectivity index (χ1) is 21.4. The molecule has 2 aliphatic heterocycles. The van der Waals surface area contributed by atoms with Gasteiger partial charge in [-0.3, -0.25) is 9.59 Å². The number of methoxy groups -OCH3 is 1. The number of anilines is 1. The number of benzene rings is 1. The fourth-order valence-corrected chi connectivity index (χ4v) is 6.15. The minimum Gasteiger partial charge on any atom is -0.505 e. The Bertz CT molecular complexity index is 1350. The molecule has 10 nitrogen and oxygen atoms in total. The highest BCUT2D eigenvalue weighted by Crippen LogP contribution is 2.51. The van der Waals surface area contributed by atoms with Crippen molar-refractivity contribution in [1.82, 2.24) is 5.32 Å². The number of nitrogens with one attached hydrogen (secondary N) is 2. The number of amides is 2. The van der Waals surface area contributed by atoms with Gasteiger partial charge in [0.05, 0.1) is 18.2 Å². The summed E-state index contributed by atoms with van der Waals surface area (Å²) < 4.78 is 17.9. The first-order valence-electron chi connectivity index (χ1n) is 16.0. The zero-order chi connectivity index (χ0) is 32.8. The monoisotopic (exact) mass is 624 g/mol. The minimum absolute atomic E-state index is 0.0119. The van der Waals surface area contributed by atoms with Crippen molar-refractivity contribution in [1.29, 1.82) is 0 Å². The Morgan fingerprint density at radius 1 is 1.20 bits per heavy atom. The van der Waals surface area contributed by atoms with Crippen molar-refractivity contribution in [3.8, 4) is 11.5 Å². The molecule has 45 heavy (non-hydrogen) atoms. The van der Waals surface area contributed by atoms with Crippen molar-refractivity contribution in [2.45, 2.75) is 110 Å². The summed E-state index contributed by atoms with van der Waals surface area (Å²) >= 11 is 0. The average Bonchev–Trinajstić information content (AvgIpc) is 3.37. The molecule has 246 valence electrons. The Morgan fingerprint density at radius 2 is 1.96 bits per heavy atom. The molecule has 2 amide bonds. The van der Waals surface area contributed by atoms with E-state index in [4.69, 9.17) is 14.2 Å². The van der Waals surface area contributed by atoms with E-state index in [2.05, 4.69) is 10.6 Å². The summed E-state index contributed by atoms with van der Waals surface area (Å²) in [5.74, 6) is -0.770. The van der Waals surface area contributed by atoms with Gasteiger partial charge < -0.3 is 35.1 Å². The minimum atomic E-state index is -0.896. The van der Waals surface area contributed by atoms with Crippen LogP contribution in [0, 0.1) is 11.8 Å². The molecule has 1 aromatic carbocycles. The van der Waals surface area contributed by atoms with Crippen LogP contribution in [0.4, 0.5) is 5.69 Å². The molecule has 0 saturated heterocycles. The van der Waals surface area contributed by atoms with E-state index in [1.807, 2.05) is 64.1 Å². The molecular weight excluding hydrogens is 576 g/mol. The summed E-state index contributed by atoms with van der Waals surface area (Å²) in [5, 5.41) is 28.2. The second-order valence-electron chi connectivity index (χ2n) is 12.8. The maximum absolute atomic E-state index is 13.1. The lowest BCUT2D eigenvalue weighted by atomic mass is 9.86. The quantitative estimate of drug-likeness (QED) is 0.192. The number of rotatable bonds is 7. The smallest absolute Gasteiger partial charge is 0.328 e. The second kappa shape index (κ2) is 15.1. The fraction of sp³-hybridized carbons (Fsp3) is 0.571. The normalized spacial score (nSPS) is 29.8. The summed E-state index contributed by atoms with van der Waals surface area (Å²) in [6.07, 6.45) is 9.35. The molecule has 2 heterocycles. The highest BCUT2D eigenvalue weighted by atomic mass is 16.5. The molecule has 0 fully saturated rings. The van der Waals surface area contributed by atoms with Crippen LogP contribution in [0.5, 0.6) is 11.5 Å². The Labute approximate surface area is 265 Å². The van der Waals surface area contributed by atoms with Crippen molar-refractivity contribution >= 4 is 23.5 Å². The first kappa shape index (κ1) is 34.2. The lowest BCUT2D eigenvalue weighted by molar-refractivity contribution is -0.156. The zero-order valence-corrected chi connectivity index (χ0v) is 27.2. The van der Waals surface area contributed by atoms with Gasteiger partial charge in [0.15, 0.2) is 0 Å². The zero-order valence-electron chi connectivity index (χ0n) is 27.2. The molecule has 0 spiro atoms. The fourth-order valence-electron chi connectivity index (χ4n) is 6.15. The van der Waals surface area contributed by atoms with Gasteiger partial charge in [-0.2, -0.15) is 0 Å². The largest absolute Gasteiger partial charge is 0.505 e. The third-order valence-electron chi connectivity index (χ3n) is 8.96. The van der Waals surface area contributed by atoms with E-state index < -0.39 is 42.3 Å². The maximum Gasteiger partial charge on any atom is 0.328 e. The van der Waals surface area contributed by atoms with Gasteiger partial charge in [0.2, 0.25) is 11.8 Å². The molecule has 2 aliphatic carbocycles. The number of ether oxygens (including phenoxy) is 3. The average molecular weight is 625 g/mol. The third-order valence-corrected chi connectivity index (χ3v) is 8.96. The number of carbonyl (C=O) groups is 3. The predicted molar refractivity (Wildman–Crippen MR) is 171 cm³/mol. The number of fused-ring (bicyclic) bond motifs is 8. The van der Waals surface area contributed by atoms with E-state index in [0.717, 1.165) is 6.42 Å². The highest BCUT2D eigenvalue weighted by Gasteiger charge is 2.44. The van der Waals surface area contributed by atoms with Crippen molar-refractivity contribution in [3.63, 3.8) is 0 Å². The molecule has 4 N–H and O–H groups in total. The topological polar surface area (TPSA) is 143 Å². The van der Waals surface area contributed by atoms with E-state index in [0.29, 0.717) is 59.7 Å². The van der Waals surface area contributed by atoms with Crippen LogP contribution in [0.2, 0.25) is 0 Å². The molecule has 5 rings (SSSR count). The van der Waals surface area contributed by atoms with Crippen LogP contribution in [0.3, 0.4) is 0 Å². The van der Waals surface area contributed by atoms with Crippen LogP contribution in [0.15, 0.2) is 42.0 Å². The summed E-state index contributed by atoms with van der Waals surface area (Å²) in [6.45, 7) is 9.34. The van der Waals surface area contributed by atoms with Crippen LogP contribution < -0.4 is 15.4 Å². The highest BCUT2D eigenvalue weighted by molar-refractivity contribution is 5.95. The summed E-state index contributed by atoms with van der Waals surface area (Å²) in [7, 11) is 1.55. The van der Waals surface area contributed by atoms with Crippen LogP contribution in [0.25, 0.3) is 0 Å². The number of allylic oxidation sites excluding steroid dienone is 3. The van der Waals surface area contributed by atoms with Crippen molar-refractivity contribution < 1.29 is 38.8 Å². The van der Waals surface area contributed by atoms with Crippen molar-refractivity contribution in [3.05, 3.63) is 53.1 Å². The molecule has 7 atom stereocenters. The molecule has 1 aromatic rings. The van der Waals surface area contributed by atoms with Gasteiger partial charge >= 0.3 is 5.97 Å². The molecular formula is C35H48N2O8. The van der Waals surface area contributed by atoms with E-state index in [1.54, 1.807) is 14.0 Å². The summed E-state index contributed by atoms with van der Waals surface area (Å²) in [4.78, 5) is 38.2. The van der Waals surface area contributed by atoms with Gasteiger partial charge in [-0.15, -0.1) is 0 Å². The van der Waals surface area contributed by atoms with Crippen LogP contribution >= 0.6 is 0 Å². The number of aliphatic hydroxyl groups excluding tert-OH is 1. The van der Waals surface area contributed by atoms with Gasteiger partial charge in [-0.25, -0.2) is 4.79 Å². The standard InChI is InChI=1S/C35H48N2O8/c1-19(2)15-16-28(38)36-22(5)35(42)45-25-14-9-7-8-13-24-30-26-17-23(12-10-11-20(3)32(40)21(25)4)33(41)31(30)37-29(39)18-27(43-6)34(24)44-26/h7-9,11,13,17,19,21-22,24-25,27,32,34,40-41H,10,12,14-16,18H2,1-6H3,(H,36,38)(H,37,39)/b9-7+,13-8+,20-11-/t21-,22+,24-,25-,27+,32-,34+/m0/s1. The number of hydrogen-bond acceptors (Lipinski definition) is 8. The number of phenolic OH excluding ortho intramolecular Hbond substituents is 1. The van der Waals surface area contributed by atoms with E-state index in [1.165, 1.54) is 0 Å². The number of aryl methyl sites for hydroxylation is 1. The number of esters is 1. The Hall–Kier alpha value is -3.63. The van der Waals surface area contributed by atoms with Crippen LogP contribution in [-0.2, 0) is 30.3 Å². The van der Waals surface area contributed by atoms with Crippen LogP contribution in [0.1, 0.15) is 83.8 Å². The predicted octanol–water partition coefficient (Wildman–Crippen LogP) is 4.84. The Balaban J connectivity index is 1.62. The first-order valence-corrected chi connectivity index (χ1v) is 16.0.